The zero-order valence-corrected chi connectivity index (χ0v) is 12.0. The number of hydrogen-bond acceptors (Lipinski definition) is 2. The summed E-state index contributed by atoms with van der Waals surface area (Å²) in [6.45, 7) is 0.913. The van der Waals surface area contributed by atoms with Gasteiger partial charge in [-0.1, -0.05) is 18.2 Å². The molecule has 2 nitrogen and oxygen atoms in total. The van der Waals surface area contributed by atoms with Crippen molar-refractivity contribution in [2.24, 2.45) is 0 Å². The summed E-state index contributed by atoms with van der Waals surface area (Å²) in [5.41, 5.74) is 1.82. The molecule has 0 atom stereocenters. The van der Waals surface area contributed by atoms with Crippen molar-refractivity contribution in [3.8, 4) is 0 Å². The van der Waals surface area contributed by atoms with E-state index in [0.29, 0.717) is 18.0 Å². The molecule has 0 fully saturated rings. The van der Waals surface area contributed by atoms with Crippen LogP contribution in [0.25, 0.3) is 0 Å². The van der Waals surface area contributed by atoms with Crippen molar-refractivity contribution in [2.75, 3.05) is 5.75 Å². The summed E-state index contributed by atoms with van der Waals surface area (Å²) in [5, 5.41) is 0. The number of fused-ring (bicyclic) bond motifs is 1. The van der Waals surface area contributed by atoms with Crippen molar-refractivity contribution in [1.29, 1.82) is 0 Å². The highest BCUT2D eigenvalue weighted by Crippen LogP contribution is 2.26. The third kappa shape index (κ3) is 3.08. The maximum Gasteiger partial charge on any atom is 0.233 e. The van der Waals surface area contributed by atoms with Crippen LogP contribution in [0.5, 0.6) is 0 Å². The van der Waals surface area contributed by atoms with Gasteiger partial charge in [0.25, 0.3) is 0 Å². The van der Waals surface area contributed by atoms with Gasteiger partial charge >= 0.3 is 0 Å². The zero-order valence-electron chi connectivity index (χ0n) is 11.2. The molecule has 21 heavy (non-hydrogen) atoms. The average Bonchev–Trinajstić information content (AvgIpc) is 2.89. The Bertz CT molecular complexity index is 690. The normalized spacial score (nSPS) is 13.3. The van der Waals surface area contributed by atoms with E-state index in [-0.39, 0.29) is 23.3 Å². The minimum absolute atomic E-state index is 0.0696. The first-order valence-corrected chi connectivity index (χ1v) is 7.54. The van der Waals surface area contributed by atoms with Gasteiger partial charge in [-0.15, -0.1) is 11.8 Å². The summed E-state index contributed by atoms with van der Waals surface area (Å²) < 4.78 is 26.6. The first-order valence-electron chi connectivity index (χ1n) is 6.56. The van der Waals surface area contributed by atoms with Gasteiger partial charge in [-0.25, -0.2) is 8.78 Å². The van der Waals surface area contributed by atoms with Crippen LogP contribution in [0.2, 0.25) is 0 Å². The van der Waals surface area contributed by atoms with Crippen LogP contribution in [0.1, 0.15) is 11.1 Å². The molecule has 1 amide bonds. The number of benzene rings is 2. The van der Waals surface area contributed by atoms with Gasteiger partial charge < -0.3 is 4.90 Å². The third-order valence-electron chi connectivity index (χ3n) is 3.43. The molecule has 0 bridgehead atoms. The van der Waals surface area contributed by atoms with Gasteiger partial charge in [-0.3, -0.25) is 4.79 Å². The molecule has 3 rings (SSSR count). The molecule has 0 radical (unpaired) electrons. The fraction of sp³-hybridized carbons (Fsp3) is 0.188. The van der Waals surface area contributed by atoms with Crippen LogP contribution in [0.15, 0.2) is 47.4 Å². The van der Waals surface area contributed by atoms with Gasteiger partial charge in [-0.05, 0) is 35.4 Å². The standard InChI is InChI=1S/C16H13F2NOS/c17-13-6-5-11-8-19(9-12(11)7-13)16(20)10-21-15-4-2-1-3-14(15)18/h1-7H,8-10H2. The number of nitrogens with zero attached hydrogens (tertiary/aromatic N) is 1. The SMILES string of the molecule is O=C(CSc1ccccc1F)N1Cc2ccc(F)cc2C1. The van der Waals surface area contributed by atoms with Crippen molar-refractivity contribution in [3.05, 3.63) is 65.2 Å². The monoisotopic (exact) mass is 305 g/mol. The molecule has 1 aliphatic rings. The lowest BCUT2D eigenvalue weighted by molar-refractivity contribution is -0.128. The van der Waals surface area contributed by atoms with Gasteiger partial charge in [0, 0.05) is 18.0 Å². The van der Waals surface area contributed by atoms with Crippen molar-refractivity contribution in [2.45, 2.75) is 18.0 Å². The van der Waals surface area contributed by atoms with E-state index in [0.717, 1.165) is 11.1 Å². The summed E-state index contributed by atoms with van der Waals surface area (Å²) in [6.07, 6.45) is 0. The van der Waals surface area contributed by atoms with Gasteiger partial charge in [-0.2, -0.15) is 0 Å². The Balaban J connectivity index is 1.62. The topological polar surface area (TPSA) is 20.3 Å². The molecular weight excluding hydrogens is 292 g/mol. The molecule has 0 unspecified atom stereocenters. The second-order valence-corrected chi connectivity index (χ2v) is 5.90. The molecule has 0 spiro atoms. The third-order valence-corrected chi connectivity index (χ3v) is 4.46. The summed E-state index contributed by atoms with van der Waals surface area (Å²) in [7, 11) is 0. The fourth-order valence-electron chi connectivity index (χ4n) is 2.33. The maximum atomic E-state index is 13.5. The number of thioether (sulfide) groups is 1. The number of amides is 1. The molecule has 0 saturated heterocycles. The largest absolute Gasteiger partial charge is 0.333 e. The van der Waals surface area contributed by atoms with Crippen LogP contribution in [-0.4, -0.2) is 16.6 Å². The number of rotatable bonds is 3. The lowest BCUT2D eigenvalue weighted by atomic mass is 10.1. The smallest absolute Gasteiger partial charge is 0.233 e. The van der Waals surface area contributed by atoms with E-state index in [1.54, 1.807) is 29.2 Å². The van der Waals surface area contributed by atoms with Crippen LogP contribution in [0, 0.1) is 11.6 Å². The fourth-order valence-corrected chi connectivity index (χ4v) is 3.17. The predicted molar refractivity (Wildman–Crippen MR) is 77.8 cm³/mol. The molecule has 1 aliphatic heterocycles. The predicted octanol–water partition coefficient (Wildman–Crippen LogP) is 3.60. The number of hydrogen-bond donors (Lipinski definition) is 0. The first kappa shape index (κ1) is 14.1. The molecular formula is C16H13F2NOS. The maximum absolute atomic E-state index is 13.5. The highest BCUT2D eigenvalue weighted by molar-refractivity contribution is 8.00. The Morgan fingerprint density at radius 3 is 2.67 bits per heavy atom. The molecule has 2 aromatic carbocycles. The summed E-state index contributed by atoms with van der Waals surface area (Å²) in [6, 6.07) is 11.0. The summed E-state index contributed by atoms with van der Waals surface area (Å²) >= 11 is 1.18. The second-order valence-electron chi connectivity index (χ2n) is 4.88. The molecule has 0 aromatic heterocycles. The van der Waals surface area contributed by atoms with E-state index < -0.39 is 0 Å². The van der Waals surface area contributed by atoms with E-state index in [9.17, 15) is 13.6 Å². The number of carbonyl (C=O) groups is 1. The average molecular weight is 305 g/mol. The lowest BCUT2D eigenvalue weighted by Crippen LogP contribution is -2.26. The van der Waals surface area contributed by atoms with Crippen molar-refractivity contribution in [3.63, 3.8) is 0 Å². The van der Waals surface area contributed by atoms with Crippen LogP contribution in [-0.2, 0) is 17.9 Å². The Morgan fingerprint density at radius 2 is 1.86 bits per heavy atom. The van der Waals surface area contributed by atoms with Crippen LogP contribution >= 0.6 is 11.8 Å². The minimum Gasteiger partial charge on any atom is -0.333 e. The Kier molecular flexibility index (Phi) is 3.92. The van der Waals surface area contributed by atoms with Crippen LogP contribution < -0.4 is 0 Å². The molecule has 5 heteroatoms. The molecule has 2 aromatic rings. The zero-order chi connectivity index (χ0) is 14.8. The Morgan fingerprint density at radius 1 is 1.10 bits per heavy atom. The Labute approximate surface area is 125 Å². The Hall–Kier alpha value is -1.88. The van der Waals surface area contributed by atoms with Crippen molar-refractivity contribution in [1.82, 2.24) is 4.90 Å². The second kappa shape index (κ2) is 5.85. The molecule has 0 aliphatic carbocycles. The lowest BCUT2D eigenvalue weighted by Gasteiger charge is -2.15. The van der Waals surface area contributed by atoms with E-state index in [2.05, 4.69) is 0 Å². The molecule has 0 saturated carbocycles. The molecule has 0 N–H and O–H groups in total. The van der Waals surface area contributed by atoms with Gasteiger partial charge in [0.1, 0.15) is 11.6 Å². The highest BCUT2D eigenvalue weighted by atomic mass is 32.2. The highest BCUT2D eigenvalue weighted by Gasteiger charge is 2.23. The van der Waals surface area contributed by atoms with Gasteiger partial charge in [0.05, 0.1) is 5.75 Å². The van der Waals surface area contributed by atoms with E-state index >= 15 is 0 Å². The first-order chi connectivity index (χ1) is 10.1. The minimum atomic E-state index is -0.318. The van der Waals surface area contributed by atoms with E-state index in [4.69, 9.17) is 0 Å². The van der Waals surface area contributed by atoms with E-state index in [1.807, 2.05) is 0 Å². The van der Waals surface area contributed by atoms with Crippen LogP contribution in [0.3, 0.4) is 0 Å². The van der Waals surface area contributed by atoms with Crippen molar-refractivity contribution < 1.29 is 13.6 Å². The number of carbonyl (C=O) groups excluding carboxylic acids is 1. The van der Waals surface area contributed by atoms with E-state index in [1.165, 1.54) is 30.0 Å². The summed E-state index contributed by atoms with van der Waals surface area (Å²) in [4.78, 5) is 14.3. The quantitative estimate of drug-likeness (QED) is 0.808. The van der Waals surface area contributed by atoms with Crippen molar-refractivity contribution >= 4 is 17.7 Å². The van der Waals surface area contributed by atoms with Gasteiger partial charge in [0.15, 0.2) is 0 Å². The van der Waals surface area contributed by atoms with Gasteiger partial charge in [0.2, 0.25) is 5.91 Å². The molecule has 1 heterocycles. The summed E-state index contributed by atoms with van der Waals surface area (Å²) in [5.74, 6) is -0.497. The van der Waals surface area contributed by atoms with Crippen LogP contribution in [0.4, 0.5) is 8.78 Å². The number of halogens is 2. The molecule has 108 valence electrons.